The van der Waals surface area contributed by atoms with Crippen molar-refractivity contribution in [3.8, 4) is 0 Å². The number of fused-ring (bicyclic) bond motifs is 1. The van der Waals surface area contributed by atoms with Crippen LogP contribution in [0, 0.1) is 17.5 Å². The number of ketones is 1. The number of halogens is 3. The highest BCUT2D eigenvalue weighted by atomic mass is 19.1. The van der Waals surface area contributed by atoms with Crippen LogP contribution < -0.4 is 16.0 Å². The molecule has 8 nitrogen and oxygen atoms in total. The summed E-state index contributed by atoms with van der Waals surface area (Å²) in [5, 5.41) is 7.76. The van der Waals surface area contributed by atoms with Gasteiger partial charge in [-0.25, -0.2) is 22.9 Å². The maximum atomic E-state index is 15.2. The van der Waals surface area contributed by atoms with Crippen molar-refractivity contribution in [2.45, 2.75) is 6.10 Å². The Hall–Kier alpha value is -4.35. The first-order chi connectivity index (χ1) is 17.9. The number of nitrogens with zero attached hydrogens (tertiary/aromatic N) is 2. The van der Waals surface area contributed by atoms with E-state index < -0.39 is 40.5 Å². The molecule has 188 valence electrons. The normalized spacial score (nSPS) is 15.4. The number of hydrogen-bond donors (Lipinski definition) is 3. The molecule has 0 bridgehead atoms. The number of ether oxygens (including phenoxy) is 1. The molecule has 1 atom stereocenters. The van der Waals surface area contributed by atoms with E-state index in [1.54, 1.807) is 6.07 Å². The first kappa shape index (κ1) is 24.3. The average molecular weight is 507 g/mol. The molecule has 1 unspecified atom stereocenters. The van der Waals surface area contributed by atoms with Gasteiger partial charge in [-0.15, -0.1) is 0 Å². The zero-order chi connectivity index (χ0) is 25.9. The lowest BCUT2D eigenvalue weighted by Gasteiger charge is -2.22. The van der Waals surface area contributed by atoms with E-state index in [0.29, 0.717) is 29.9 Å². The SMILES string of the molecule is O=C(Nc1cccc(F)c1)Nc1ccc(F)c(C(=O)c2ccc3nc(C4CNCCO4)cnc3c2)c1F. The number of aromatic nitrogens is 2. The summed E-state index contributed by atoms with van der Waals surface area (Å²) >= 11 is 0. The average Bonchev–Trinajstić information content (AvgIpc) is 2.90. The van der Waals surface area contributed by atoms with Gasteiger partial charge in [-0.1, -0.05) is 6.07 Å². The van der Waals surface area contributed by atoms with Crippen molar-refractivity contribution in [3.63, 3.8) is 0 Å². The van der Waals surface area contributed by atoms with E-state index in [9.17, 15) is 18.4 Å². The molecule has 2 heterocycles. The minimum atomic E-state index is -1.25. The first-order valence-corrected chi connectivity index (χ1v) is 11.3. The van der Waals surface area contributed by atoms with Crippen LogP contribution in [0.5, 0.6) is 0 Å². The molecule has 3 aromatic carbocycles. The number of carbonyl (C=O) groups excluding carboxylic acids is 2. The number of nitrogens with one attached hydrogen (secondary N) is 3. The van der Waals surface area contributed by atoms with Gasteiger partial charge in [0.15, 0.2) is 11.6 Å². The van der Waals surface area contributed by atoms with E-state index in [-0.39, 0.29) is 17.4 Å². The fourth-order valence-electron chi connectivity index (χ4n) is 3.93. The summed E-state index contributed by atoms with van der Waals surface area (Å²) in [6.45, 7) is 1.90. The predicted octanol–water partition coefficient (Wildman–Crippen LogP) is 4.58. The first-order valence-electron chi connectivity index (χ1n) is 11.3. The Kier molecular flexibility index (Phi) is 6.80. The van der Waals surface area contributed by atoms with E-state index in [4.69, 9.17) is 4.74 Å². The maximum Gasteiger partial charge on any atom is 0.323 e. The van der Waals surface area contributed by atoms with Gasteiger partial charge in [0.2, 0.25) is 0 Å². The number of rotatable bonds is 5. The van der Waals surface area contributed by atoms with E-state index in [1.165, 1.54) is 36.5 Å². The molecule has 0 spiro atoms. The lowest BCUT2D eigenvalue weighted by atomic mass is 10.0. The molecule has 0 radical (unpaired) electrons. The van der Waals surface area contributed by atoms with Crippen molar-refractivity contribution in [1.29, 1.82) is 0 Å². The maximum absolute atomic E-state index is 15.2. The Bertz CT molecular complexity index is 1510. The van der Waals surface area contributed by atoms with Crippen molar-refractivity contribution in [2.75, 3.05) is 30.3 Å². The molecule has 1 aliphatic rings. The lowest BCUT2D eigenvalue weighted by Crippen LogP contribution is -2.33. The van der Waals surface area contributed by atoms with Gasteiger partial charge in [0.25, 0.3) is 0 Å². The number of carbonyl (C=O) groups is 2. The third-order valence-electron chi connectivity index (χ3n) is 5.73. The number of benzene rings is 3. The molecule has 1 aromatic heterocycles. The Morgan fingerprint density at radius 3 is 2.65 bits per heavy atom. The van der Waals surface area contributed by atoms with Gasteiger partial charge in [-0.3, -0.25) is 9.78 Å². The van der Waals surface area contributed by atoms with Crippen LogP contribution in [0.3, 0.4) is 0 Å². The van der Waals surface area contributed by atoms with Gasteiger partial charge < -0.3 is 20.7 Å². The Balaban J connectivity index is 1.38. The molecular formula is C26H20F3N5O3. The highest BCUT2D eigenvalue weighted by Crippen LogP contribution is 2.26. The second kappa shape index (κ2) is 10.3. The van der Waals surface area contributed by atoms with Gasteiger partial charge in [0.1, 0.15) is 17.7 Å². The minimum absolute atomic E-state index is 0.00991. The molecular weight excluding hydrogens is 487 g/mol. The minimum Gasteiger partial charge on any atom is -0.369 e. The number of hydrogen-bond acceptors (Lipinski definition) is 6. The van der Waals surface area contributed by atoms with Gasteiger partial charge in [0.05, 0.1) is 40.8 Å². The molecule has 5 rings (SSSR count). The zero-order valence-electron chi connectivity index (χ0n) is 19.2. The van der Waals surface area contributed by atoms with Crippen molar-refractivity contribution in [2.24, 2.45) is 0 Å². The van der Waals surface area contributed by atoms with E-state index in [0.717, 1.165) is 24.7 Å². The quantitative estimate of drug-likeness (QED) is 0.342. The van der Waals surface area contributed by atoms with Gasteiger partial charge in [-0.05, 0) is 48.5 Å². The van der Waals surface area contributed by atoms with Crippen LogP contribution in [0.25, 0.3) is 11.0 Å². The van der Waals surface area contributed by atoms with Crippen LogP contribution >= 0.6 is 0 Å². The van der Waals surface area contributed by atoms with Crippen molar-refractivity contribution < 1.29 is 27.5 Å². The fraction of sp³-hybridized carbons (Fsp3) is 0.154. The number of anilines is 2. The standard InChI is InChI=1S/C26H20F3N5O3/c27-15-2-1-3-16(11-15)32-26(36)34-19-7-5-17(28)23(24(19)29)25(35)14-4-6-18-20(10-14)31-12-21(33-18)22-13-30-8-9-37-22/h1-7,10-12,22,30H,8-9,13H2,(H2,32,34,36). The Labute approximate surface area is 208 Å². The van der Waals surface area contributed by atoms with Gasteiger partial charge in [-0.2, -0.15) is 0 Å². The second-order valence-electron chi connectivity index (χ2n) is 8.26. The topological polar surface area (TPSA) is 105 Å². The number of morpholine rings is 1. The largest absolute Gasteiger partial charge is 0.369 e. The summed E-state index contributed by atoms with van der Waals surface area (Å²) in [6, 6.07) is 10.4. The van der Waals surface area contributed by atoms with Crippen molar-refractivity contribution >= 4 is 34.2 Å². The van der Waals surface area contributed by atoms with E-state index in [1.807, 2.05) is 0 Å². The molecule has 1 fully saturated rings. The molecule has 11 heteroatoms. The highest BCUT2D eigenvalue weighted by molar-refractivity contribution is 6.11. The summed E-state index contributed by atoms with van der Waals surface area (Å²) in [6.07, 6.45) is 1.29. The lowest BCUT2D eigenvalue weighted by molar-refractivity contribution is 0.0250. The van der Waals surface area contributed by atoms with Crippen LogP contribution in [0.2, 0.25) is 0 Å². The molecule has 2 amide bonds. The Morgan fingerprint density at radius 1 is 1.00 bits per heavy atom. The number of amides is 2. The molecule has 4 aromatic rings. The van der Waals surface area contributed by atoms with Gasteiger partial charge >= 0.3 is 6.03 Å². The third kappa shape index (κ3) is 5.27. The van der Waals surface area contributed by atoms with Gasteiger partial charge in [0, 0.05) is 24.3 Å². The summed E-state index contributed by atoms with van der Waals surface area (Å²) in [5.41, 5.74) is 0.342. The van der Waals surface area contributed by atoms with Crippen molar-refractivity contribution in [1.82, 2.24) is 15.3 Å². The van der Waals surface area contributed by atoms with Crippen molar-refractivity contribution in [3.05, 3.63) is 95.1 Å². The molecule has 3 N–H and O–H groups in total. The summed E-state index contributed by atoms with van der Waals surface area (Å²) < 4.78 is 48.8. The van der Waals surface area contributed by atoms with Crippen LogP contribution in [0.1, 0.15) is 27.7 Å². The predicted molar refractivity (Wildman–Crippen MR) is 130 cm³/mol. The highest BCUT2D eigenvalue weighted by Gasteiger charge is 2.24. The fourth-order valence-corrected chi connectivity index (χ4v) is 3.93. The monoisotopic (exact) mass is 507 g/mol. The summed E-state index contributed by atoms with van der Waals surface area (Å²) in [5.74, 6) is -3.85. The molecule has 1 saturated heterocycles. The Morgan fingerprint density at radius 2 is 1.86 bits per heavy atom. The van der Waals surface area contributed by atoms with Crippen LogP contribution in [0.4, 0.5) is 29.3 Å². The van der Waals surface area contributed by atoms with E-state index >= 15 is 4.39 Å². The van der Waals surface area contributed by atoms with Crippen LogP contribution in [0.15, 0.2) is 60.8 Å². The summed E-state index contributed by atoms with van der Waals surface area (Å²) in [7, 11) is 0. The molecule has 1 aliphatic heterocycles. The smallest absolute Gasteiger partial charge is 0.323 e. The second-order valence-corrected chi connectivity index (χ2v) is 8.26. The zero-order valence-corrected chi connectivity index (χ0v) is 19.2. The molecule has 37 heavy (non-hydrogen) atoms. The number of urea groups is 1. The third-order valence-corrected chi connectivity index (χ3v) is 5.73. The van der Waals surface area contributed by atoms with E-state index in [2.05, 4.69) is 25.9 Å². The van der Waals surface area contributed by atoms with Crippen LogP contribution in [-0.4, -0.2) is 41.5 Å². The molecule has 0 aliphatic carbocycles. The molecule has 0 saturated carbocycles. The van der Waals surface area contributed by atoms with Crippen LogP contribution in [-0.2, 0) is 4.74 Å². The summed E-state index contributed by atoms with van der Waals surface area (Å²) in [4.78, 5) is 34.2.